The fourth-order valence-electron chi connectivity index (χ4n) is 9.74. The van der Waals surface area contributed by atoms with Crippen LogP contribution in [0.2, 0.25) is 0 Å². The van der Waals surface area contributed by atoms with Crippen LogP contribution in [0.5, 0.6) is 0 Å². The molecule has 0 aliphatic rings. The van der Waals surface area contributed by atoms with Crippen LogP contribution in [0.15, 0.2) is 36.5 Å². The van der Waals surface area contributed by atoms with Crippen molar-refractivity contribution in [1.29, 1.82) is 0 Å². The van der Waals surface area contributed by atoms with Gasteiger partial charge >= 0.3 is 5.97 Å². The minimum atomic E-state index is -0.848. The number of rotatable bonds is 59. The summed E-state index contributed by atoms with van der Waals surface area (Å²) in [6.07, 6.45) is 76.2. The summed E-state index contributed by atoms with van der Waals surface area (Å²) in [5.41, 5.74) is 0. The third-order valence-electron chi connectivity index (χ3n) is 14.6. The summed E-state index contributed by atoms with van der Waals surface area (Å²) in [6, 6.07) is -0.632. The van der Waals surface area contributed by atoms with Crippen LogP contribution in [0.3, 0.4) is 0 Å². The lowest BCUT2D eigenvalue weighted by atomic mass is 10.0. The van der Waals surface area contributed by atoms with E-state index in [1.807, 2.05) is 6.08 Å². The molecule has 0 saturated heterocycles. The molecule has 0 saturated carbocycles. The van der Waals surface area contributed by atoms with Crippen LogP contribution >= 0.6 is 0 Å². The number of ether oxygens (including phenoxy) is 1. The molecular formula is C65H123NO5. The van der Waals surface area contributed by atoms with Gasteiger partial charge in [-0.2, -0.15) is 0 Å². The number of carbonyl (C=O) groups excluding carboxylic acids is 2. The zero-order valence-corrected chi connectivity index (χ0v) is 47.7. The summed E-state index contributed by atoms with van der Waals surface area (Å²) in [5, 5.41) is 23.1. The predicted molar refractivity (Wildman–Crippen MR) is 310 cm³/mol. The lowest BCUT2D eigenvalue weighted by Crippen LogP contribution is -2.45. The van der Waals surface area contributed by atoms with E-state index in [1.54, 1.807) is 6.08 Å². The molecule has 0 fully saturated rings. The Hall–Kier alpha value is -1.92. The van der Waals surface area contributed by atoms with Crippen molar-refractivity contribution >= 4 is 11.9 Å². The SMILES string of the molecule is CCCCCCCCC/C=C\CCCCCCCCCC(=O)OCCCCCCCCCCCCCC/C=C\CCCCCCCCCC(=O)NC(CO)C(O)/C=C/CCCCCCCCCCCCC. The number of aliphatic hydroxyl groups excluding tert-OH is 2. The Balaban J connectivity index is 3.41. The molecule has 0 bridgehead atoms. The van der Waals surface area contributed by atoms with Gasteiger partial charge in [-0.1, -0.05) is 281 Å². The fourth-order valence-corrected chi connectivity index (χ4v) is 9.74. The van der Waals surface area contributed by atoms with Crippen molar-refractivity contribution in [2.24, 2.45) is 0 Å². The molecule has 3 N–H and O–H groups in total. The topological polar surface area (TPSA) is 95.9 Å². The summed E-state index contributed by atoms with van der Waals surface area (Å²) in [5.74, 6) is -0.0659. The molecule has 0 aromatic rings. The van der Waals surface area contributed by atoms with Crippen molar-refractivity contribution < 1.29 is 24.5 Å². The predicted octanol–water partition coefficient (Wildman–Crippen LogP) is 20.0. The first-order chi connectivity index (χ1) is 35.0. The number of unbranched alkanes of at least 4 members (excludes halogenated alkanes) is 44. The number of carbonyl (C=O) groups is 2. The third-order valence-corrected chi connectivity index (χ3v) is 14.6. The Labute approximate surface area is 443 Å². The molecule has 0 aliphatic heterocycles. The smallest absolute Gasteiger partial charge is 0.305 e. The monoisotopic (exact) mass is 998 g/mol. The third kappa shape index (κ3) is 57.2. The summed E-state index contributed by atoms with van der Waals surface area (Å²) >= 11 is 0. The molecule has 0 heterocycles. The van der Waals surface area contributed by atoms with Crippen molar-refractivity contribution in [3.8, 4) is 0 Å². The Kier molecular flexibility index (Phi) is 59.0. The lowest BCUT2D eigenvalue weighted by molar-refractivity contribution is -0.143. The highest BCUT2D eigenvalue weighted by molar-refractivity contribution is 5.76. The van der Waals surface area contributed by atoms with E-state index >= 15 is 0 Å². The van der Waals surface area contributed by atoms with Gasteiger partial charge < -0.3 is 20.3 Å². The van der Waals surface area contributed by atoms with Gasteiger partial charge in [-0.15, -0.1) is 0 Å². The van der Waals surface area contributed by atoms with Crippen LogP contribution in [0, 0.1) is 0 Å². The van der Waals surface area contributed by atoms with E-state index in [4.69, 9.17) is 4.74 Å². The number of aliphatic hydroxyl groups is 2. The second kappa shape index (κ2) is 60.6. The first-order valence-corrected chi connectivity index (χ1v) is 31.8. The molecule has 71 heavy (non-hydrogen) atoms. The normalized spacial score (nSPS) is 12.8. The number of amides is 1. The van der Waals surface area contributed by atoms with Crippen LogP contribution < -0.4 is 5.32 Å². The number of hydrogen-bond acceptors (Lipinski definition) is 5. The Morgan fingerprint density at radius 1 is 0.380 bits per heavy atom. The van der Waals surface area contributed by atoms with Gasteiger partial charge in [-0.3, -0.25) is 9.59 Å². The van der Waals surface area contributed by atoms with E-state index in [9.17, 15) is 19.8 Å². The summed E-state index contributed by atoms with van der Waals surface area (Å²) in [7, 11) is 0. The molecule has 1 amide bonds. The molecular weight excluding hydrogens is 875 g/mol. The molecule has 0 aromatic heterocycles. The maximum atomic E-state index is 12.4. The van der Waals surface area contributed by atoms with Gasteiger partial charge in [-0.05, 0) is 83.5 Å². The van der Waals surface area contributed by atoms with Crippen molar-refractivity contribution in [2.75, 3.05) is 13.2 Å². The minimum Gasteiger partial charge on any atom is -0.466 e. The van der Waals surface area contributed by atoms with Crippen molar-refractivity contribution in [3.63, 3.8) is 0 Å². The highest BCUT2D eigenvalue weighted by Crippen LogP contribution is 2.17. The largest absolute Gasteiger partial charge is 0.466 e. The molecule has 2 unspecified atom stereocenters. The van der Waals surface area contributed by atoms with Crippen LogP contribution in [0.25, 0.3) is 0 Å². The number of hydrogen-bond donors (Lipinski definition) is 3. The molecule has 0 rings (SSSR count). The second-order valence-electron chi connectivity index (χ2n) is 21.7. The van der Waals surface area contributed by atoms with Gasteiger partial charge in [0.05, 0.1) is 25.4 Å². The highest BCUT2D eigenvalue weighted by Gasteiger charge is 2.18. The number of nitrogens with one attached hydrogen (secondary N) is 1. The molecule has 6 nitrogen and oxygen atoms in total. The summed E-state index contributed by atoms with van der Waals surface area (Å²) < 4.78 is 5.50. The average molecular weight is 999 g/mol. The first-order valence-electron chi connectivity index (χ1n) is 31.8. The molecule has 0 aliphatic carbocycles. The molecule has 0 radical (unpaired) electrons. The summed E-state index contributed by atoms with van der Waals surface area (Å²) in [4.78, 5) is 24.5. The average Bonchev–Trinajstić information content (AvgIpc) is 3.37. The fraction of sp³-hybridized carbons (Fsp3) is 0.877. The van der Waals surface area contributed by atoms with Crippen molar-refractivity contribution in [3.05, 3.63) is 36.5 Å². The van der Waals surface area contributed by atoms with Gasteiger partial charge in [0, 0.05) is 12.8 Å². The van der Waals surface area contributed by atoms with E-state index in [2.05, 4.69) is 43.5 Å². The Bertz CT molecular complexity index is 1150. The van der Waals surface area contributed by atoms with E-state index in [0.717, 1.165) is 51.4 Å². The number of allylic oxidation sites excluding steroid dienone is 5. The van der Waals surface area contributed by atoms with Gasteiger partial charge in [-0.25, -0.2) is 0 Å². The van der Waals surface area contributed by atoms with Gasteiger partial charge in [0.1, 0.15) is 0 Å². The molecule has 6 heteroatoms. The van der Waals surface area contributed by atoms with E-state index in [0.29, 0.717) is 19.4 Å². The van der Waals surface area contributed by atoms with E-state index < -0.39 is 12.1 Å². The van der Waals surface area contributed by atoms with Crippen LogP contribution in [-0.2, 0) is 14.3 Å². The summed E-state index contributed by atoms with van der Waals surface area (Å²) in [6.45, 7) is 4.90. The highest BCUT2D eigenvalue weighted by atomic mass is 16.5. The van der Waals surface area contributed by atoms with Crippen LogP contribution in [0.4, 0.5) is 0 Å². The quantitative estimate of drug-likeness (QED) is 0.0321. The Morgan fingerprint density at radius 2 is 0.662 bits per heavy atom. The lowest BCUT2D eigenvalue weighted by Gasteiger charge is -2.20. The van der Waals surface area contributed by atoms with Crippen LogP contribution in [0.1, 0.15) is 341 Å². The molecule has 0 aromatic carbocycles. The minimum absolute atomic E-state index is 0.00811. The zero-order chi connectivity index (χ0) is 51.4. The van der Waals surface area contributed by atoms with E-state index in [1.165, 1.54) is 263 Å². The molecule has 418 valence electrons. The maximum absolute atomic E-state index is 12.4. The standard InChI is InChI=1S/C65H123NO5/c1-3-5-7-9-11-13-15-17-18-19-28-31-35-39-43-47-51-55-59-65(70)71-60-56-52-48-44-40-36-32-29-26-24-22-20-21-23-25-27-30-34-38-42-46-50-54-58-64(69)66-62(61-67)63(68)57-53-49-45-41-37-33-16-14-12-10-8-6-4-2/h18-19,23,25,53,57,62-63,67-68H,3-17,20-22,24,26-52,54-56,58-61H2,1-2H3,(H,66,69)/b19-18-,25-23-,57-53+. The van der Waals surface area contributed by atoms with Gasteiger partial charge in [0.15, 0.2) is 0 Å². The second-order valence-corrected chi connectivity index (χ2v) is 21.7. The van der Waals surface area contributed by atoms with Gasteiger partial charge in [0.25, 0.3) is 0 Å². The van der Waals surface area contributed by atoms with Crippen molar-refractivity contribution in [2.45, 2.75) is 353 Å². The van der Waals surface area contributed by atoms with Gasteiger partial charge in [0.2, 0.25) is 5.91 Å². The maximum Gasteiger partial charge on any atom is 0.305 e. The molecule has 2 atom stereocenters. The Morgan fingerprint density at radius 3 is 1.00 bits per heavy atom. The first kappa shape index (κ1) is 69.1. The van der Waals surface area contributed by atoms with Crippen LogP contribution in [-0.4, -0.2) is 47.4 Å². The molecule has 0 spiro atoms. The van der Waals surface area contributed by atoms with Crippen molar-refractivity contribution in [1.82, 2.24) is 5.32 Å². The van der Waals surface area contributed by atoms with E-state index in [-0.39, 0.29) is 18.5 Å². The zero-order valence-electron chi connectivity index (χ0n) is 47.7. The number of esters is 1.